The van der Waals surface area contributed by atoms with Crippen molar-refractivity contribution in [3.8, 4) is 0 Å². The van der Waals surface area contributed by atoms with Crippen molar-refractivity contribution in [1.82, 2.24) is 14.8 Å². The molecule has 3 fully saturated rings. The number of carboxylic acid groups (broad SMARTS) is 1. The third kappa shape index (κ3) is 6.14. The Kier molecular flexibility index (Phi) is 8.19. The van der Waals surface area contributed by atoms with Crippen LogP contribution >= 0.6 is 0 Å². The Bertz CT molecular complexity index is 1850. The molecule has 3 heterocycles. The summed E-state index contributed by atoms with van der Waals surface area (Å²) in [6, 6.07) is 6.88. The molecule has 3 aromatic rings. The molecule has 2 N–H and O–H groups in total. The number of halogens is 2. The van der Waals surface area contributed by atoms with Crippen LogP contribution in [0.3, 0.4) is 0 Å². The third-order valence-corrected chi connectivity index (χ3v) is 8.36. The zero-order valence-electron chi connectivity index (χ0n) is 24.9. The Morgan fingerprint density at radius 1 is 1.04 bits per heavy atom. The first-order valence-corrected chi connectivity index (χ1v) is 14.9. The number of fused-ring (bicyclic) bond motifs is 1. The summed E-state index contributed by atoms with van der Waals surface area (Å²) in [6.07, 6.45) is 4.39. The highest BCUT2D eigenvalue weighted by molar-refractivity contribution is 5.94. The Morgan fingerprint density at radius 2 is 1.78 bits per heavy atom. The second-order valence-electron chi connectivity index (χ2n) is 11.5. The topological polar surface area (TPSA) is 141 Å². The van der Waals surface area contributed by atoms with Crippen LogP contribution in [0.4, 0.5) is 25.0 Å². The van der Waals surface area contributed by atoms with E-state index in [1.54, 1.807) is 20.4 Å². The summed E-state index contributed by atoms with van der Waals surface area (Å²) >= 11 is 0. The Labute approximate surface area is 261 Å². The molecule has 6 rings (SSSR count). The number of carbonyl (C=O) groups excluding carboxylic acids is 3. The Hall–Kier alpha value is -5.27. The molecule has 1 aromatic heterocycles. The number of anilines is 2. The molecule has 0 unspecified atom stereocenters. The number of carbonyl (C=O) groups is 4. The van der Waals surface area contributed by atoms with E-state index in [0.717, 1.165) is 18.9 Å². The summed E-state index contributed by atoms with van der Waals surface area (Å²) in [5.74, 6) is -3.26. The molecule has 2 aliphatic heterocycles. The number of aromatic carboxylic acids is 1. The highest BCUT2D eigenvalue weighted by Gasteiger charge is 2.33. The molecule has 3 amide bonds. The molecular formula is C32H31F2N5O7. The lowest BCUT2D eigenvalue weighted by Crippen LogP contribution is -2.48. The van der Waals surface area contributed by atoms with Gasteiger partial charge in [-0.3, -0.25) is 19.3 Å². The number of hydrogen-bond donors (Lipinski definition) is 2. The zero-order valence-corrected chi connectivity index (χ0v) is 24.9. The fourth-order valence-electron chi connectivity index (χ4n) is 5.76. The van der Waals surface area contributed by atoms with Crippen molar-refractivity contribution in [3.05, 3.63) is 75.6 Å². The van der Waals surface area contributed by atoms with Gasteiger partial charge in [0.1, 0.15) is 23.3 Å². The summed E-state index contributed by atoms with van der Waals surface area (Å²) in [7, 11) is 0. The van der Waals surface area contributed by atoms with E-state index in [1.165, 1.54) is 48.4 Å². The largest absolute Gasteiger partial charge is 0.477 e. The summed E-state index contributed by atoms with van der Waals surface area (Å²) in [5.41, 5.74) is 0.0254. The molecule has 3 aliphatic rings. The van der Waals surface area contributed by atoms with Crippen molar-refractivity contribution < 1.29 is 37.8 Å². The monoisotopic (exact) mass is 635 g/mol. The highest BCUT2D eigenvalue weighted by Crippen LogP contribution is 2.38. The molecule has 1 atom stereocenters. The number of nitrogens with zero attached hydrogens (tertiary/aromatic N) is 4. The van der Waals surface area contributed by atoms with Gasteiger partial charge < -0.3 is 29.5 Å². The normalized spacial score (nSPS) is 18.4. The summed E-state index contributed by atoms with van der Waals surface area (Å²) in [4.78, 5) is 65.3. The molecule has 1 aliphatic carbocycles. The highest BCUT2D eigenvalue weighted by atomic mass is 19.1. The number of cyclic esters (lactones) is 1. The first kappa shape index (κ1) is 30.7. The molecule has 240 valence electrons. The summed E-state index contributed by atoms with van der Waals surface area (Å²) < 4.78 is 37.2. The van der Waals surface area contributed by atoms with Crippen molar-refractivity contribution in [2.45, 2.75) is 31.9 Å². The van der Waals surface area contributed by atoms with Crippen LogP contribution in [0.1, 0.15) is 41.7 Å². The third-order valence-electron chi connectivity index (χ3n) is 8.36. The van der Waals surface area contributed by atoms with E-state index in [1.807, 2.05) is 0 Å². The van der Waals surface area contributed by atoms with E-state index in [2.05, 4.69) is 5.32 Å². The Balaban J connectivity index is 1.10. The smallest absolute Gasteiger partial charge is 0.414 e. The second-order valence-corrected chi connectivity index (χ2v) is 11.5. The minimum absolute atomic E-state index is 0.0128. The van der Waals surface area contributed by atoms with Gasteiger partial charge in [0.15, 0.2) is 0 Å². The zero-order chi connectivity index (χ0) is 32.7. The molecule has 0 spiro atoms. The maximum Gasteiger partial charge on any atom is 0.414 e. The lowest BCUT2D eigenvalue weighted by atomic mass is 10.1. The Morgan fingerprint density at radius 3 is 2.43 bits per heavy atom. The van der Waals surface area contributed by atoms with Crippen LogP contribution in [-0.2, 0) is 14.3 Å². The molecular weight excluding hydrogens is 604 g/mol. The SMILES string of the molecule is CC(=O)NC[C@H]1CN(c2ccc(C=CC(=O)N3CCN(c4cc5c(cc4F)c(=O)c(C(=O)O)cn5C4CC4)CC3)c(F)c2)C(=O)O1. The van der Waals surface area contributed by atoms with Crippen molar-refractivity contribution in [2.75, 3.05) is 49.1 Å². The number of amides is 3. The molecule has 2 aromatic carbocycles. The number of nitrogens with one attached hydrogen (secondary N) is 1. The molecule has 0 bridgehead atoms. The maximum atomic E-state index is 15.3. The van der Waals surface area contributed by atoms with Gasteiger partial charge in [-0.2, -0.15) is 0 Å². The van der Waals surface area contributed by atoms with Gasteiger partial charge in [0, 0.05) is 62.4 Å². The first-order chi connectivity index (χ1) is 22.0. The number of rotatable bonds is 8. The van der Waals surface area contributed by atoms with Gasteiger partial charge in [0.05, 0.1) is 30.0 Å². The first-order valence-electron chi connectivity index (χ1n) is 14.9. The molecule has 12 nitrogen and oxygen atoms in total. The second kappa shape index (κ2) is 12.3. The van der Waals surface area contributed by atoms with Crippen LogP contribution in [0.2, 0.25) is 0 Å². The minimum atomic E-state index is -1.36. The van der Waals surface area contributed by atoms with Gasteiger partial charge in [-0.15, -0.1) is 0 Å². The van der Waals surface area contributed by atoms with Crippen LogP contribution in [0.5, 0.6) is 0 Å². The minimum Gasteiger partial charge on any atom is -0.477 e. The van der Waals surface area contributed by atoms with Gasteiger partial charge >= 0.3 is 12.1 Å². The maximum absolute atomic E-state index is 15.3. The van der Waals surface area contributed by atoms with Gasteiger partial charge in [-0.05, 0) is 49.2 Å². The number of ether oxygens (including phenoxy) is 1. The van der Waals surface area contributed by atoms with Crippen molar-refractivity contribution in [2.24, 2.45) is 0 Å². The van der Waals surface area contributed by atoms with Crippen LogP contribution in [0.15, 0.2) is 47.4 Å². The number of hydrogen-bond acceptors (Lipinski definition) is 7. The molecule has 1 saturated carbocycles. The average molecular weight is 636 g/mol. The molecule has 14 heteroatoms. The van der Waals surface area contributed by atoms with Gasteiger partial charge in [0.2, 0.25) is 17.2 Å². The standard InChI is InChI=1S/C32H31F2N5O7/c1-18(40)35-15-22-16-39(32(45)46-22)21-4-2-19(25(33)12-21)3-7-29(41)37-10-8-36(9-11-37)28-14-27-23(13-26(28)34)30(42)24(31(43)44)17-38(27)20-5-6-20/h2-4,7,12-14,17,20,22H,5-6,8-11,15-16H2,1H3,(H,35,40)(H,43,44)/t22-/m0/s1. The number of pyridine rings is 1. The van der Waals surface area contributed by atoms with E-state index in [0.29, 0.717) is 18.6 Å². The van der Waals surface area contributed by atoms with Crippen molar-refractivity contribution in [1.29, 1.82) is 0 Å². The average Bonchev–Trinajstić information content (AvgIpc) is 3.80. The number of aromatic nitrogens is 1. The molecule has 46 heavy (non-hydrogen) atoms. The number of piperazine rings is 1. The van der Waals surface area contributed by atoms with Crippen LogP contribution in [0.25, 0.3) is 17.0 Å². The number of benzene rings is 2. The van der Waals surface area contributed by atoms with E-state index in [4.69, 9.17) is 4.74 Å². The lowest BCUT2D eigenvalue weighted by Gasteiger charge is -2.36. The van der Waals surface area contributed by atoms with Gasteiger partial charge in [-0.25, -0.2) is 18.4 Å². The summed E-state index contributed by atoms with van der Waals surface area (Å²) in [6.45, 7) is 2.80. The fraction of sp³-hybridized carbons (Fsp3) is 0.344. The van der Waals surface area contributed by atoms with Crippen molar-refractivity contribution in [3.63, 3.8) is 0 Å². The predicted octanol–water partition coefficient (Wildman–Crippen LogP) is 3.14. The number of carboxylic acids is 1. The lowest BCUT2D eigenvalue weighted by molar-refractivity contribution is -0.126. The van der Waals surface area contributed by atoms with E-state index in [-0.39, 0.29) is 66.4 Å². The summed E-state index contributed by atoms with van der Waals surface area (Å²) in [5, 5.41) is 12.1. The van der Waals surface area contributed by atoms with Crippen LogP contribution < -0.4 is 20.5 Å². The molecule has 0 radical (unpaired) electrons. The van der Waals surface area contributed by atoms with Gasteiger partial charge in [0.25, 0.3) is 0 Å². The van der Waals surface area contributed by atoms with E-state index < -0.39 is 40.8 Å². The van der Waals surface area contributed by atoms with Gasteiger partial charge in [-0.1, -0.05) is 0 Å². The van der Waals surface area contributed by atoms with Crippen LogP contribution in [0, 0.1) is 11.6 Å². The fourth-order valence-corrected chi connectivity index (χ4v) is 5.76. The quantitative estimate of drug-likeness (QED) is 0.360. The van der Waals surface area contributed by atoms with E-state index >= 15 is 4.39 Å². The van der Waals surface area contributed by atoms with Crippen molar-refractivity contribution >= 4 is 52.2 Å². The van der Waals surface area contributed by atoms with E-state index in [9.17, 15) is 33.5 Å². The van der Waals surface area contributed by atoms with Crippen LogP contribution in [-0.4, -0.2) is 83.8 Å². The molecule has 2 saturated heterocycles. The predicted molar refractivity (Wildman–Crippen MR) is 164 cm³/mol.